The molecule has 5 nitrogen and oxygen atoms in total. The summed E-state index contributed by atoms with van der Waals surface area (Å²) in [6.07, 6.45) is 3.75. The van der Waals surface area contributed by atoms with E-state index in [0.29, 0.717) is 32.1 Å². The molecule has 0 spiro atoms. The first-order valence-corrected chi connectivity index (χ1v) is 8.33. The Morgan fingerprint density at radius 2 is 2.12 bits per heavy atom. The molecule has 6 heteroatoms. The smallest absolute Gasteiger partial charge is 0.220 e. The lowest BCUT2D eigenvalue weighted by atomic mass is 10.00. The van der Waals surface area contributed by atoms with E-state index in [1.165, 1.54) is 0 Å². The number of methoxy groups -OCH3 is 1. The van der Waals surface area contributed by atoms with E-state index in [1.807, 2.05) is 25.1 Å². The lowest BCUT2D eigenvalue weighted by molar-refractivity contribution is -0.122. The van der Waals surface area contributed by atoms with E-state index in [-0.39, 0.29) is 24.4 Å². The standard InChI is InChI=1S/C18H28N2O3.ClH/c1-13-6-7-15(17(10-13)23-9-8-22-2)12-20-18(21)11-14-4-3-5-16(14)19;/h6-7,10,14,16H,3-5,8-9,11-12,19H2,1-2H3,(H,20,21);1H/t14-,16+;/m0./s1. The molecule has 2 atom stereocenters. The zero-order chi connectivity index (χ0) is 16.7. The molecular weight excluding hydrogens is 328 g/mol. The summed E-state index contributed by atoms with van der Waals surface area (Å²) in [6, 6.07) is 6.19. The third kappa shape index (κ3) is 6.30. The molecule has 1 fully saturated rings. The molecule has 2 rings (SSSR count). The molecule has 0 aliphatic heterocycles. The maximum Gasteiger partial charge on any atom is 0.220 e. The fraction of sp³-hybridized carbons (Fsp3) is 0.611. The number of carbonyl (C=O) groups is 1. The number of rotatable bonds is 8. The van der Waals surface area contributed by atoms with Crippen molar-refractivity contribution in [1.29, 1.82) is 0 Å². The highest BCUT2D eigenvalue weighted by atomic mass is 35.5. The summed E-state index contributed by atoms with van der Waals surface area (Å²) in [4.78, 5) is 12.1. The van der Waals surface area contributed by atoms with Crippen LogP contribution in [0.1, 0.15) is 36.8 Å². The van der Waals surface area contributed by atoms with Crippen molar-refractivity contribution < 1.29 is 14.3 Å². The van der Waals surface area contributed by atoms with Gasteiger partial charge < -0.3 is 20.5 Å². The van der Waals surface area contributed by atoms with Gasteiger partial charge >= 0.3 is 0 Å². The maximum atomic E-state index is 12.1. The van der Waals surface area contributed by atoms with Crippen molar-refractivity contribution in [2.75, 3.05) is 20.3 Å². The quantitative estimate of drug-likeness (QED) is 0.702. The minimum atomic E-state index is 0. The second-order valence-electron chi connectivity index (χ2n) is 6.29. The minimum Gasteiger partial charge on any atom is -0.491 e. The van der Waals surface area contributed by atoms with Crippen molar-refractivity contribution >= 4 is 18.3 Å². The number of ether oxygens (including phenoxy) is 2. The van der Waals surface area contributed by atoms with Crippen molar-refractivity contribution in [3.63, 3.8) is 0 Å². The summed E-state index contributed by atoms with van der Waals surface area (Å²) in [5.74, 6) is 1.20. The Bertz CT molecular complexity index is 525. The lowest BCUT2D eigenvalue weighted by Gasteiger charge is -2.16. The Morgan fingerprint density at radius 1 is 1.33 bits per heavy atom. The molecule has 0 saturated heterocycles. The summed E-state index contributed by atoms with van der Waals surface area (Å²) >= 11 is 0. The third-order valence-electron chi connectivity index (χ3n) is 4.41. The van der Waals surface area contributed by atoms with Gasteiger partial charge in [0.25, 0.3) is 0 Å². The Balaban J connectivity index is 0.00000288. The second-order valence-corrected chi connectivity index (χ2v) is 6.29. The van der Waals surface area contributed by atoms with Gasteiger partial charge in [-0.3, -0.25) is 4.79 Å². The number of hydrogen-bond acceptors (Lipinski definition) is 4. The lowest BCUT2D eigenvalue weighted by Crippen LogP contribution is -2.31. The molecule has 1 saturated carbocycles. The summed E-state index contributed by atoms with van der Waals surface area (Å²) in [5, 5.41) is 2.99. The van der Waals surface area contributed by atoms with Gasteiger partial charge in [-0.15, -0.1) is 12.4 Å². The van der Waals surface area contributed by atoms with Crippen LogP contribution >= 0.6 is 12.4 Å². The van der Waals surface area contributed by atoms with Crippen molar-refractivity contribution in [2.24, 2.45) is 11.7 Å². The van der Waals surface area contributed by atoms with Gasteiger partial charge in [0.2, 0.25) is 5.91 Å². The zero-order valence-corrected chi connectivity index (χ0v) is 15.4. The largest absolute Gasteiger partial charge is 0.491 e. The van der Waals surface area contributed by atoms with Crippen LogP contribution in [0.3, 0.4) is 0 Å². The fourth-order valence-electron chi connectivity index (χ4n) is 3.00. The van der Waals surface area contributed by atoms with Gasteiger partial charge in [-0.05, 0) is 37.3 Å². The van der Waals surface area contributed by atoms with Gasteiger partial charge in [0.1, 0.15) is 12.4 Å². The average Bonchev–Trinajstić information content (AvgIpc) is 2.92. The molecule has 1 aliphatic rings. The van der Waals surface area contributed by atoms with Crippen molar-refractivity contribution in [3.8, 4) is 5.75 Å². The SMILES string of the molecule is COCCOc1cc(C)ccc1CNC(=O)C[C@@H]1CCC[C@H]1N.Cl. The van der Waals surface area contributed by atoms with Gasteiger partial charge in [-0.1, -0.05) is 18.6 Å². The number of benzene rings is 1. The molecule has 0 heterocycles. The molecule has 1 aliphatic carbocycles. The fourth-order valence-corrected chi connectivity index (χ4v) is 3.00. The number of halogens is 1. The molecule has 0 radical (unpaired) electrons. The van der Waals surface area contributed by atoms with Gasteiger partial charge in [0, 0.05) is 31.7 Å². The molecule has 3 N–H and O–H groups in total. The van der Waals surface area contributed by atoms with Crippen LogP contribution in [0.15, 0.2) is 18.2 Å². The summed E-state index contributed by atoms with van der Waals surface area (Å²) in [5.41, 5.74) is 8.14. The number of nitrogens with two attached hydrogens (primary N) is 1. The summed E-state index contributed by atoms with van der Waals surface area (Å²) < 4.78 is 10.8. The maximum absolute atomic E-state index is 12.1. The predicted molar refractivity (Wildman–Crippen MR) is 97.6 cm³/mol. The Morgan fingerprint density at radius 3 is 2.79 bits per heavy atom. The van der Waals surface area contributed by atoms with E-state index in [0.717, 1.165) is 36.1 Å². The Labute approximate surface area is 150 Å². The van der Waals surface area contributed by atoms with Gasteiger partial charge in [0.05, 0.1) is 6.61 Å². The highest BCUT2D eigenvalue weighted by molar-refractivity contribution is 5.85. The topological polar surface area (TPSA) is 73.6 Å². The van der Waals surface area contributed by atoms with Crippen molar-refractivity contribution in [1.82, 2.24) is 5.32 Å². The van der Waals surface area contributed by atoms with Crippen LogP contribution in [0.5, 0.6) is 5.75 Å². The molecule has 0 bridgehead atoms. The van der Waals surface area contributed by atoms with E-state index < -0.39 is 0 Å². The summed E-state index contributed by atoms with van der Waals surface area (Å²) in [7, 11) is 1.65. The normalized spacial score (nSPS) is 19.6. The number of aryl methyl sites for hydroxylation is 1. The molecule has 0 unspecified atom stereocenters. The second kappa shape index (κ2) is 10.5. The number of carbonyl (C=O) groups excluding carboxylic acids is 1. The number of nitrogens with one attached hydrogen (secondary N) is 1. The van der Waals surface area contributed by atoms with E-state index in [4.69, 9.17) is 15.2 Å². The predicted octanol–water partition coefficient (Wildman–Crippen LogP) is 2.58. The first kappa shape index (κ1) is 20.7. The van der Waals surface area contributed by atoms with Gasteiger partial charge in [-0.2, -0.15) is 0 Å². The number of amides is 1. The highest BCUT2D eigenvalue weighted by Crippen LogP contribution is 2.27. The average molecular weight is 357 g/mol. The van der Waals surface area contributed by atoms with Crippen LogP contribution in [0, 0.1) is 12.8 Å². The monoisotopic (exact) mass is 356 g/mol. The molecule has 1 aromatic carbocycles. The minimum absolute atomic E-state index is 0. The third-order valence-corrected chi connectivity index (χ3v) is 4.41. The van der Waals surface area contributed by atoms with Crippen LogP contribution in [-0.4, -0.2) is 32.3 Å². The molecule has 0 aromatic heterocycles. The molecular formula is C18H29ClN2O3. The molecule has 136 valence electrons. The highest BCUT2D eigenvalue weighted by Gasteiger charge is 2.25. The van der Waals surface area contributed by atoms with Crippen molar-refractivity contribution in [2.45, 2.75) is 45.2 Å². The Hall–Kier alpha value is -1.30. The van der Waals surface area contributed by atoms with Gasteiger partial charge in [-0.25, -0.2) is 0 Å². The molecule has 1 aromatic rings. The van der Waals surface area contributed by atoms with Crippen LogP contribution < -0.4 is 15.8 Å². The molecule has 1 amide bonds. The zero-order valence-electron chi connectivity index (χ0n) is 14.5. The van der Waals surface area contributed by atoms with E-state index >= 15 is 0 Å². The van der Waals surface area contributed by atoms with Crippen LogP contribution in [0.4, 0.5) is 0 Å². The first-order valence-electron chi connectivity index (χ1n) is 8.33. The van der Waals surface area contributed by atoms with Crippen LogP contribution in [0.2, 0.25) is 0 Å². The Kier molecular flexibility index (Phi) is 9.11. The number of hydrogen-bond donors (Lipinski definition) is 2. The van der Waals surface area contributed by atoms with E-state index in [9.17, 15) is 4.79 Å². The first-order chi connectivity index (χ1) is 11.1. The molecule has 24 heavy (non-hydrogen) atoms. The van der Waals surface area contributed by atoms with Crippen LogP contribution in [-0.2, 0) is 16.1 Å². The van der Waals surface area contributed by atoms with Gasteiger partial charge in [0.15, 0.2) is 0 Å². The van der Waals surface area contributed by atoms with Crippen LogP contribution in [0.25, 0.3) is 0 Å². The van der Waals surface area contributed by atoms with E-state index in [2.05, 4.69) is 5.32 Å². The summed E-state index contributed by atoms with van der Waals surface area (Å²) in [6.45, 7) is 3.54. The van der Waals surface area contributed by atoms with E-state index in [1.54, 1.807) is 7.11 Å². The van der Waals surface area contributed by atoms with Crippen molar-refractivity contribution in [3.05, 3.63) is 29.3 Å².